The average Bonchev–Trinajstić information content (AvgIpc) is 2.70. The molecule has 1 heterocycles. The number of carbonyl (C=O) groups excluding carboxylic acids is 2. The van der Waals surface area contributed by atoms with Crippen molar-refractivity contribution in [2.75, 3.05) is 6.61 Å². The van der Waals surface area contributed by atoms with Gasteiger partial charge in [0.05, 0.1) is 5.56 Å². The summed E-state index contributed by atoms with van der Waals surface area (Å²) in [7, 11) is 0. The molecule has 0 bridgehead atoms. The van der Waals surface area contributed by atoms with Crippen LogP contribution in [0.3, 0.4) is 0 Å². The van der Waals surface area contributed by atoms with Gasteiger partial charge in [-0.1, -0.05) is 0 Å². The minimum Gasteiger partial charge on any atom is -0.485 e. The Labute approximate surface area is 111 Å². The number of hydrogen-bond acceptors (Lipinski definition) is 4. The average molecular weight is 263 g/mol. The van der Waals surface area contributed by atoms with Crippen molar-refractivity contribution in [2.24, 2.45) is 0 Å². The molecule has 1 atom stereocenters. The molecule has 1 N–H and O–H groups in total. The summed E-state index contributed by atoms with van der Waals surface area (Å²) in [6, 6.07) is 5.04. The van der Waals surface area contributed by atoms with Crippen molar-refractivity contribution < 1.29 is 19.1 Å². The van der Waals surface area contributed by atoms with Gasteiger partial charge in [0.1, 0.15) is 11.5 Å². The van der Waals surface area contributed by atoms with Gasteiger partial charge < -0.3 is 14.8 Å². The van der Waals surface area contributed by atoms with Crippen LogP contribution in [0.2, 0.25) is 0 Å². The third kappa shape index (κ3) is 3.05. The summed E-state index contributed by atoms with van der Waals surface area (Å²) in [5.74, 6) is 0.818. The molecular weight excluding hydrogens is 246 g/mol. The predicted octanol–water partition coefficient (Wildman–Crippen LogP) is 1.55. The predicted molar refractivity (Wildman–Crippen MR) is 69.6 cm³/mol. The first-order chi connectivity index (χ1) is 8.97. The van der Waals surface area contributed by atoms with Gasteiger partial charge in [0.25, 0.3) is 5.91 Å². The van der Waals surface area contributed by atoms with E-state index in [-0.39, 0.29) is 24.3 Å². The molecule has 0 saturated heterocycles. The van der Waals surface area contributed by atoms with Crippen LogP contribution in [0.5, 0.6) is 11.5 Å². The van der Waals surface area contributed by atoms with Crippen LogP contribution in [0.1, 0.15) is 31.1 Å². The Balaban J connectivity index is 2.04. The van der Waals surface area contributed by atoms with Gasteiger partial charge in [0, 0.05) is 12.1 Å². The zero-order valence-corrected chi connectivity index (χ0v) is 11.2. The molecule has 19 heavy (non-hydrogen) atoms. The van der Waals surface area contributed by atoms with Crippen molar-refractivity contribution in [3.8, 4) is 11.5 Å². The molecule has 102 valence electrons. The van der Waals surface area contributed by atoms with E-state index >= 15 is 0 Å². The molecule has 0 radical (unpaired) electrons. The maximum absolute atomic E-state index is 11.7. The standard InChI is InChI=1S/C14H17NO4/c1-8(2)15-14(17)9(3)19-10-4-5-11-12(16)7-18-13(11)6-10/h4-6,8-9H,7H2,1-3H3,(H,15,17). The van der Waals surface area contributed by atoms with Crippen molar-refractivity contribution in [3.05, 3.63) is 23.8 Å². The van der Waals surface area contributed by atoms with Crippen LogP contribution in [0.4, 0.5) is 0 Å². The van der Waals surface area contributed by atoms with Gasteiger partial charge in [0.15, 0.2) is 12.7 Å². The molecular formula is C14H17NO4. The van der Waals surface area contributed by atoms with Crippen molar-refractivity contribution in [1.29, 1.82) is 0 Å². The highest BCUT2D eigenvalue weighted by atomic mass is 16.5. The molecule has 5 heteroatoms. The number of rotatable bonds is 4. The van der Waals surface area contributed by atoms with Gasteiger partial charge in [-0.2, -0.15) is 0 Å². The van der Waals surface area contributed by atoms with Crippen LogP contribution in [0, 0.1) is 0 Å². The second-order valence-electron chi connectivity index (χ2n) is 4.79. The number of nitrogens with one attached hydrogen (secondary N) is 1. The van der Waals surface area contributed by atoms with Gasteiger partial charge >= 0.3 is 0 Å². The molecule has 1 aliphatic heterocycles. The van der Waals surface area contributed by atoms with E-state index in [2.05, 4.69) is 5.32 Å². The van der Waals surface area contributed by atoms with Crippen molar-refractivity contribution in [3.63, 3.8) is 0 Å². The molecule has 1 unspecified atom stereocenters. The lowest BCUT2D eigenvalue weighted by Gasteiger charge is -2.16. The van der Waals surface area contributed by atoms with E-state index in [9.17, 15) is 9.59 Å². The summed E-state index contributed by atoms with van der Waals surface area (Å²) < 4.78 is 10.8. The Bertz CT molecular complexity index is 510. The number of ketones is 1. The van der Waals surface area contributed by atoms with Crippen LogP contribution in [0.15, 0.2) is 18.2 Å². The van der Waals surface area contributed by atoms with Crippen LogP contribution in [-0.2, 0) is 4.79 Å². The second kappa shape index (κ2) is 5.30. The molecule has 0 aliphatic carbocycles. The molecule has 1 aromatic carbocycles. The van der Waals surface area contributed by atoms with Gasteiger partial charge in [0.2, 0.25) is 5.78 Å². The molecule has 0 fully saturated rings. The lowest BCUT2D eigenvalue weighted by molar-refractivity contribution is -0.127. The number of ether oxygens (including phenoxy) is 2. The number of Topliss-reactive ketones (excluding diaryl/α,β-unsaturated/α-hetero) is 1. The smallest absolute Gasteiger partial charge is 0.260 e. The third-order valence-electron chi connectivity index (χ3n) is 2.73. The van der Waals surface area contributed by atoms with Crippen LogP contribution >= 0.6 is 0 Å². The van der Waals surface area contributed by atoms with E-state index in [0.29, 0.717) is 17.1 Å². The Morgan fingerprint density at radius 3 is 2.79 bits per heavy atom. The molecule has 5 nitrogen and oxygen atoms in total. The summed E-state index contributed by atoms with van der Waals surface area (Å²) >= 11 is 0. The van der Waals surface area contributed by atoms with Crippen LogP contribution < -0.4 is 14.8 Å². The van der Waals surface area contributed by atoms with E-state index in [0.717, 1.165) is 0 Å². The van der Waals surface area contributed by atoms with E-state index in [4.69, 9.17) is 9.47 Å². The first-order valence-corrected chi connectivity index (χ1v) is 6.24. The fourth-order valence-corrected chi connectivity index (χ4v) is 1.81. The van der Waals surface area contributed by atoms with Gasteiger partial charge in [-0.05, 0) is 32.9 Å². The minimum atomic E-state index is -0.599. The summed E-state index contributed by atoms with van der Waals surface area (Å²) in [5, 5.41) is 2.77. The first-order valence-electron chi connectivity index (χ1n) is 6.24. The summed E-state index contributed by atoms with van der Waals surface area (Å²) in [5.41, 5.74) is 0.562. The number of amides is 1. The zero-order valence-electron chi connectivity index (χ0n) is 11.2. The van der Waals surface area contributed by atoms with Crippen molar-refractivity contribution in [1.82, 2.24) is 5.32 Å². The maximum atomic E-state index is 11.7. The first kappa shape index (κ1) is 13.4. The Hall–Kier alpha value is -2.04. The molecule has 1 aromatic rings. The highest BCUT2D eigenvalue weighted by Crippen LogP contribution is 2.29. The number of benzene rings is 1. The Morgan fingerprint density at radius 2 is 2.11 bits per heavy atom. The van der Waals surface area contributed by atoms with Gasteiger partial charge in [-0.15, -0.1) is 0 Å². The van der Waals surface area contributed by atoms with E-state index in [1.807, 2.05) is 13.8 Å². The Morgan fingerprint density at radius 1 is 1.37 bits per heavy atom. The number of carbonyl (C=O) groups is 2. The summed E-state index contributed by atoms with van der Waals surface area (Å²) in [4.78, 5) is 23.1. The van der Waals surface area contributed by atoms with Gasteiger partial charge in [-0.3, -0.25) is 9.59 Å². The monoisotopic (exact) mass is 263 g/mol. The molecule has 1 aliphatic rings. The largest absolute Gasteiger partial charge is 0.485 e. The SMILES string of the molecule is CC(C)NC(=O)C(C)Oc1ccc2c(c1)OCC2=O. The highest BCUT2D eigenvalue weighted by molar-refractivity contribution is 6.02. The number of hydrogen-bond donors (Lipinski definition) is 1. The highest BCUT2D eigenvalue weighted by Gasteiger charge is 2.22. The molecule has 0 aromatic heterocycles. The fraction of sp³-hybridized carbons (Fsp3) is 0.429. The van der Waals surface area contributed by atoms with E-state index in [1.54, 1.807) is 25.1 Å². The summed E-state index contributed by atoms with van der Waals surface area (Å²) in [6.07, 6.45) is -0.599. The van der Waals surface area contributed by atoms with Crippen LogP contribution in [-0.4, -0.2) is 30.4 Å². The third-order valence-corrected chi connectivity index (χ3v) is 2.73. The molecule has 2 rings (SSSR count). The minimum absolute atomic E-state index is 0.0350. The van der Waals surface area contributed by atoms with Crippen molar-refractivity contribution in [2.45, 2.75) is 32.9 Å². The zero-order chi connectivity index (χ0) is 14.0. The van der Waals surface area contributed by atoms with Gasteiger partial charge in [-0.25, -0.2) is 0 Å². The molecule has 1 amide bonds. The molecule has 0 saturated carbocycles. The quantitative estimate of drug-likeness (QED) is 0.895. The lowest BCUT2D eigenvalue weighted by Crippen LogP contribution is -2.40. The molecule has 0 spiro atoms. The normalized spacial score (nSPS) is 14.8. The van der Waals surface area contributed by atoms with Crippen molar-refractivity contribution >= 4 is 11.7 Å². The lowest BCUT2D eigenvalue weighted by atomic mass is 10.1. The van der Waals surface area contributed by atoms with E-state index < -0.39 is 6.10 Å². The Kier molecular flexibility index (Phi) is 3.74. The van der Waals surface area contributed by atoms with Crippen LogP contribution in [0.25, 0.3) is 0 Å². The number of fused-ring (bicyclic) bond motifs is 1. The maximum Gasteiger partial charge on any atom is 0.260 e. The fourth-order valence-electron chi connectivity index (χ4n) is 1.81. The van der Waals surface area contributed by atoms with E-state index in [1.165, 1.54) is 0 Å². The second-order valence-corrected chi connectivity index (χ2v) is 4.79. The topological polar surface area (TPSA) is 64.6 Å². The summed E-state index contributed by atoms with van der Waals surface area (Å²) in [6.45, 7) is 5.53.